The number of nitrogens with zero attached hydrogens (tertiary/aromatic N) is 1. The van der Waals surface area contributed by atoms with Crippen molar-refractivity contribution in [2.75, 3.05) is 0 Å². The zero-order valence-electron chi connectivity index (χ0n) is 5.57. The molecule has 0 saturated heterocycles. The smallest absolute Gasteiger partial charge is 0.545 e. The molecule has 0 aromatic carbocycles. The molecule has 1 rings (SSSR count). The van der Waals surface area contributed by atoms with Gasteiger partial charge in [-0.3, -0.25) is 4.98 Å². The molecule has 11 heavy (non-hydrogen) atoms. The number of hydrogen-bond donors (Lipinski definition) is 0. The molecular formula is C6H7BNNaO2. The number of aromatic carboxylic acids is 1. The molecule has 3 nitrogen and oxygen atoms in total. The van der Waals surface area contributed by atoms with E-state index in [2.05, 4.69) is 4.98 Å². The van der Waals surface area contributed by atoms with Crippen molar-refractivity contribution in [3.8, 4) is 0 Å². The molecule has 0 saturated carbocycles. The van der Waals surface area contributed by atoms with Gasteiger partial charge in [0.05, 0.1) is 14.4 Å². The normalized spacial score (nSPS) is 7.27. The Balaban J connectivity index is 0. The minimum atomic E-state index is -1.17. The van der Waals surface area contributed by atoms with Crippen LogP contribution in [0.3, 0.4) is 0 Å². The second kappa shape index (κ2) is 6.40. The first-order valence-electron chi connectivity index (χ1n) is 2.42. The summed E-state index contributed by atoms with van der Waals surface area (Å²) in [5, 5.41) is 10.1. The summed E-state index contributed by atoms with van der Waals surface area (Å²) in [4.78, 5) is 13.7. The predicted octanol–water partition coefficient (Wildman–Crippen LogP) is -4.73. The second-order valence-corrected chi connectivity index (χ2v) is 1.52. The average Bonchev–Trinajstić information content (AvgIpc) is 1.90. The minimum absolute atomic E-state index is 0. The monoisotopic (exact) mass is 159 g/mol. The van der Waals surface area contributed by atoms with Gasteiger partial charge >= 0.3 is 29.6 Å². The molecule has 0 N–H and O–H groups in total. The van der Waals surface area contributed by atoms with Crippen molar-refractivity contribution in [3.63, 3.8) is 0 Å². The number of pyridine rings is 1. The van der Waals surface area contributed by atoms with Crippen LogP contribution in [0.2, 0.25) is 0 Å². The van der Waals surface area contributed by atoms with E-state index in [1.54, 1.807) is 0 Å². The van der Waals surface area contributed by atoms with Crippen molar-refractivity contribution in [1.82, 2.24) is 4.98 Å². The van der Waals surface area contributed by atoms with Crippen LogP contribution in [0.5, 0.6) is 0 Å². The first-order valence-corrected chi connectivity index (χ1v) is 2.42. The van der Waals surface area contributed by atoms with Crippen molar-refractivity contribution in [2.45, 2.75) is 0 Å². The summed E-state index contributed by atoms with van der Waals surface area (Å²) in [6, 6.07) is 2.77. The summed E-state index contributed by atoms with van der Waals surface area (Å²) in [5.41, 5.74) is 0.157. The Morgan fingerprint density at radius 3 is 2.09 bits per heavy atom. The zero-order valence-corrected chi connectivity index (χ0v) is 7.57. The number of carboxylic acids is 1. The molecule has 0 aliphatic carbocycles. The van der Waals surface area contributed by atoms with Crippen LogP contribution in [-0.4, -0.2) is 19.4 Å². The Kier molecular flexibility index (Phi) is 7.73. The van der Waals surface area contributed by atoms with Gasteiger partial charge in [-0.15, -0.1) is 0 Å². The van der Waals surface area contributed by atoms with Gasteiger partial charge in [0, 0.05) is 18.0 Å². The van der Waals surface area contributed by atoms with E-state index in [-0.39, 0.29) is 43.5 Å². The molecule has 0 atom stereocenters. The summed E-state index contributed by atoms with van der Waals surface area (Å²) in [6.07, 6.45) is 2.82. The third kappa shape index (κ3) is 4.19. The first-order chi connectivity index (χ1) is 4.30. The fourth-order valence-electron chi connectivity index (χ4n) is 0.488. The molecule has 0 fully saturated rings. The van der Waals surface area contributed by atoms with Crippen molar-refractivity contribution in [1.29, 1.82) is 0 Å². The molecule has 1 aromatic rings. The van der Waals surface area contributed by atoms with Crippen LogP contribution in [0.4, 0.5) is 0 Å². The molecule has 0 bridgehead atoms. The van der Waals surface area contributed by atoms with E-state index >= 15 is 0 Å². The third-order valence-corrected chi connectivity index (χ3v) is 0.916. The maximum Gasteiger partial charge on any atom is 1.00 e. The van der Waals surface area contributed by atoms with E-state index in [0.29, 0.717) is 0 Å². The summed E-state index contributed by atoms with van der Waals surface area (Å²) < 4.78 is 0. The largest absolute Gasteiger partial charge is 1.00 e. The Morgan fingerprint density at radius 2 is 1.82 bits per heavy atom. The van der Waals surface area contributed by atoms with E-state index in [9.17, 15) is 9.90 Å². The Morgan fingerprint density at radius 1 is 1.36 bits per heavy atom. The van der Waals surface area contributed by atoms with Gasteiger partial charge in [0.15, 0.2) is 0 Å². The first kappa shape index (κ1) is 13.3. The van der Waals surface area contributed by atoms with Crippen LogP contribution in [-0.2, 0) is 0 Å². The summed E-state index contributed by atoms with van der Waals surface area (Å²) in [5.74, 6) is -1.17. The predicted molar refractivity (Wildman–Crippen MR) is 38.5 cm³/mol. The van der Waals surface area contributed by atoms with Gasteiger partial charge < -0.3 is 9.90 Å². The topological polar surface area (TPSA) is 53.0 Å². The standard InChI is InChI=1S/C6H5NO2.BH3.Na/c8-6(9)5-1-3-7-4-2-5;;/h1-4H,(H,8,9);1H3;/q;;+1/p-1. The van der Waals surface area contributed by atoms with Crippen LogP contribution < -0.4 is 34.7 Å². The van der Waals surface area contributed by atoms with Gasteiger partial charge in [-0.05, 0) is 12.1 Å². The third-order valence-electron chi connectivity index (χ3n) is 0.916. The van der Waals surface area contributed by atoms with E-state index in [1.807, 2.05) is 0 Å². The second-order valence-electron chi connectivity index (χ2n) is 1.52. The van der Waals surface area contributed by atoms with Gasteiger partial charge in [0.2, 0.25) is 0 Å². The summed E-state index contributed by atoms with van der Waals surface area (Å²) in [6.45, 7) is 0. The quantitative estimate of drug-likeness (QED) is 0.386. The maximum absolute atomic E-state index is 10.1. The van der Waals surface area contributed by atoms with Crippen LogP contribution in [0.15, 0.2) is 24.5 Å². The van der Waals surface area contributed by atoms with Crippen LogP contribution in [0, 0.1) is 0 Å². The van der Waals surface area contributed by atoms with E-state index in [4.69, 9.17) is 0 Å². The van der Waals surface area contributed by atoms with Gasteiger partial charge in [-0.25, -0.2) is 0 Å². The van der Waals surface area contributed by atoms with Crippen molar-refractivity contribution in [3.05, 3.63) is 30.1 Å². The number of hydrogen-bond acceptors (Lipinski definition) is 3. The molecular weight excluding hydrogens is 152 g/mol. The van der Waals surface area contributed by atoms with E-state index in [0.717, 1.165) is 0 Å². The Labute approximate surface area is 88.7 Å². The van der Waals surface area contributed by atoms with Crippen LogP contribution in [0.25, 0.3) is 0 Å². The number of carbonyl (C=O) groups is 1. The molecule has 0 aliphatic heterocycles. The molecule has 1 heterocycles. The molecule has 1 aromatic heterocycles. The fraction of sp³-hybridized carbons (Fsp3) is 0. The number of rotatable bonds is 1. The molecule has 0 aliphatic rings. The zero-order chi connectivity index (χ0) is 6.69. The van der Waals surface area contributed by atoms with Crippen molar-refractivity contribution < 1.29 is 39.5 Å². The SMILES string of the molecule is B.O=C([O-])c1ccncc1.[Na+]. The van der Waals surface area contributed by atoms with Gasteiger partial charge in [0.1, 0.15) is 0 Å². The van der Waals surface area contributed by atoms with Gasteiger partial charge in [0.25, 0.3) is 0 Å². The van der Waals surface area contributed by atoms with Gasteiger partial charge in [-0.1, -0.05) is 0 Å². The average molecular weight is 159 g/mol. The molecule has 0 unspecified atom stereocenters. The van der Waals surface area contributed by atoms with E-state index < -0.39 is 5.97 Å². The number of aromatic nitrogens is 1. The maximum atomic E-state index is 10.1. The summed E-state index contributed by atoms with van der Waals surface area (Å²) >= 11 is 0. The van der Waals surface area contributed by atoms with Crippen molar-refractivity contribution >= 4 is 14.4 Å². The molecule has 0 radical (unpaired) electrons. The van der Waals surface area contributed by atoms with Gasteiger partial charge in [-0.2, -0.15) is 0 Å². The van der Waals surface area contributed by atoms with Crippen LogP contribution >= 0.6 is 0 Å². The molecule has 5 heteroatoms. The fourth-order valence-corrected chi connectivity index (χ4v) is 0.488. The number of carbonyl (C=O) groups excluding carboxylic acids is 1. The Bertz CT molecular complexity index is 217. The molecule has 0 amide bonds. The van der Waals surface area contributed by atoms with E-state index in [1.165, 1.54) is 24.5 Å². The minimum Gasteiger partial charge on any atom is -0.545 e. The number of carboxylic acid groups (broad SMARTS) is 1. The molecule has 52 valence electrons. The Hall–Kier alpha value is -0.315. The van der Waals surface area contributed by atoms with Crippen LogP contribution in [0.1, 0.15) is 10.4 Å². The summed E-state index contributed by atoms with van der Waals surface area (Å²) in [7, 11) is 0. The van der Waals surface area contributed by atoms with Crippen molar-refractivity contribution in [2.24, 2.45) is 0 Å². The molecule has 0 spiro atoms.